The van der Waals surface area contributed by atoms with E-state index in [9.17, 15) is 18.8 Å². The highest BCUT2D eigenvalue weighted by Gasteiger charge is 2.22. The van der Waals surface area contributed by atoms with Crippen molar-refractivity contribution in [1.82, 2.24) is 19.7 Å². The molecule has 0 bridgehead atoms. The number of benzene rings is 3. The third kappa shape index (κ3) is 4.85. The van der Waals surface area contributed by atoms with Gasteiger partial charge in [-0.25, -0.2) is 9.18 Å². The predicted octanol–water partition coefficient (Wildman–Crippen LogP) is 3.38. The largest absolute Gasteiger partial charge is 0.352 e. The zero-order chi connectivity index (χ0) is 24.2. The van der Waals surface area contributed by atoms with E-state index in [-0.39, 0.29) is 6.54 Å². The highest BCUT2D eigenvalue weighted by Crippen LogP contribution is 2.12. The molecule has 1 aromatic heterocycles. The van der Waals surface area contributed by atoms with Crippen molar-refractivity contribution in [3.8, 4) is 5.69 Å². The standard InChI is InChI=1S/C26H23FN4O3/c1-17-11-13-22(14-12-17)31-26(34)30(16-19-7-6-10-21(27)15-19)25(33)23(29-31)24(32)28-18(2)20-8-4-3-5-9-20/h3-15,18H,16H2,1-2H3,(H,28,32)/t18-/m1/s1. The maximum Gasteiger partial charge on any atom is 0.352 e. The summed E-state index contributed by atoms with van der Waals surface area (Å²) in [6, 6.07) is 21.4. The van der Waals surface area contributed by atoms with E-state index in [0.29, 0.717) is 11.3 Å². The lowest BCUT2D eigenvalue weighted by Crippen LogP contribution is -2.46. The molecule has 34 heavy (non-hydrogen) atoms. The van der Waals surface area contributed by atoms with Gasteiger partial charge in [-0.1, -0.05) is 60.2 Å². The molecule has 0 radical (unpaired) electrons. The molecular weight excluding hydrogens is 435 g/mol. The normalized spacial score (nSPS) is 11.7. The Morgan fingerprint density at radius 2 is 1.71 bits per heavy atom. The molecule has 7 nitrogen and oxygen atoms in total. The quantitative estimate of drug-likeness (QED) is 0.480. The summed E-state index contributed by atoms with van der Waals surface area (Å²) in [7, 11) is 0. The first-order chi connectivity index (χ1) is 16.3. The van der Waals surface area contributed by atoms with Crippen LogP contribution >= 0.6 is 0 Å². The second kappa shape index (κ2) is 9.66. The Morgan fingerprint density at radius 3 is 2.38 bits per heavy atom. The zero-order valence-electron chi connectivity index (χ0n) is 18.7. The summed E-state index contributed by atoms with van der Waals surface area (Å²) in [6.07, 6.45) is 0. The summed E-state index contributed by atoms with van der Waals surface area (Å²) in [6.45, 7) is 3.47. The smallest absolute Gasteiger partial charge is 0.344 e. The molecule has 4 aromatic rings. The van der Waals surface area contributed by atoms with Crippen LogP contribution in [0, 0.1) is 12.7 Å². The van der Waals surface area contributed by atoms with Crippen molar-refractivity contribution < 1.29 is 9.18 Å². The molecule has 8 heteroatoms. The van der Waals surface area contributed by atoms with Gasteiger partial charge in [-0.3, -0.25) is 14.2 Å². The number of nitrogens with one attached hydrogen (secondary N) is 1. The molecular formula is C26H23FN4O3. The van der Waals surface area contributed by atoms with Crippen LogP contribution in [0.15, 0.2) is 88.5 Å². The maximum atomic E-state index is 13.7. The summed E-state index contributed by atoms with van der Waals surface area (Å²) in [4.78, 5) is 39.5. The molecule has 0 saturated carbocycles. The van der Waals surface area contributed by atoms with Crippen LogP contribution in [0.4, 0.5) is 4.39 Å². The van der Waals surface area contributed by atoms with E-state index in [1.807, 2.05) is 37.3 Å². The molecule has 3 aromatic carbocycles. The van der Waals surface area contributed by atoms with Crippen molar-refractivity contribution in [3.63, 3.8) is 0 Å². The number of aryl methyl sites for hydroxylation is 1. The number of carbonyl (C=O) groups excluding carboxylic acids is 1. The van der Waals surface area contributed by atoms with Gasteiger partial charge in [0.15, 0.2) is 0 Å². The molecule has 1 heterocycles. The summed E-state index contributed by atoms with van der Waals surface area (Å²) < 4.78 is 15.6. The van der Waals surface area contributed by atoms with Crippen molar-refractivity contribution in [1.29, 1.82) is 0 Å². The Morgan fingerprint density at radius 1 is 1.00 bits per heavy atom. The second-order valence-electron chi connectivity index (χ2n) is 8.01. The van der Waals surface area contributed by atoms with Crippen LogP contribution in [0.5, 0.6) is 0 Å². The summed E-state index contributed by atoms with van der Waals surface area (Å²) in [5.74, 6) is -1.21. The molecule has 0 saturated heterocycles. The average molecular weight is 458 g/mol. The number of nitrogens with zero attached hydrogens (tertiary/aromatic N) is 3. The molecule has 4 rings (SSSR count). The third-order valence-electron chi connectivity index (χ3n) is 5.43. The molecule has 1 amide bonds. The number of amides is 1. The molecule has 1 atom stereocenters. The monoisotopic (exact) mass is 458 g/mol. The molecule has 0 fully saturated rings. The summed E-state index contributed by atoms with van der Waals surface area (Å²) in [5.41, 5.74) is 0.612. The number of halogens is 1. The Kier molecular flexibility index (Phi) is 6.49. The SMILES string of the molecule is Cc1ccc(-n2nc(C(=O)N[C@H](C)c3ccccc3)c(=O)n(Cc3cccc(F)c3)c2=O)cc1. The fraction of sp³-hybridized carbons (Fsp3) is 0.154. The maximum absolute atomic E-state index is 13.7. The second-order valence-corrected chi connectivity index (χ2v) is 8.01. The molecule has 0 spiro atoms. The lowest BCUT2D eigenvalue weighted by atomic mass is 10.1. The van der Waals surface area contributed by atoms with E-state index < -0.39 is 34.7 Å². The van der Waals surface area contributed by atoms with Gasteiger partial charge in [-0.2, -0.15) is 9.78 Å². The Bertz CT molecular complexity index is 1440. The van der Waals surface area contributed by atoms with Gasteiger partial charge in [0.25, 0.3) is 11.5 Å². The minimum Gasteiger partial charge on any atom is -0.344 e. The molecule has 0 aliphatic carbocycles. The number of carbonyl (C=O) groups is 1. The van der Waals surface area contributed by atoms with E-state index in [1.165, 1.54) is 18.2 Å². The first-order valence-corrected chi connectivity index (χ1v) is 10.7. The number of hydrogen-bond donors (Lipinski definition) is 1. The first-order valence-electron chi connectivity index (χ1n) is 10.7. The Hall–Kier alpha value is -4.33. The van der Waals surface area contributed by atoms with Gasteiger partial charge in [-0.15, -0.1) is 0 Å². The van der Waals surface area contributed by atoms with Crippen LogP contribution < -0.4 is 16.6 Å². The minimum absolute atomic E-state index is 0.210. The lowest BCUT2D eigenvalue weighted by molar-refractivity contribution is 0.0930. The number of hydrogen-bond acceptors (Lipinski definition) is 4. The van der Waals surface area contributed by atoms with Gasteiger partial charge >= 0.3 is 5.69 Å². The number of rotatable bonds is 6. The molecule has 0 aliphatic rings. The van der Waals surface area contributed by atoms with Crippen LogP contribution in [-0.2, 0) is 6.54 Å². The van der Waals surface area contributed by atoms with Gasteiger partial charge in [0, 0.05) is 0 Å². The highest BCUT2D eigenvalue weighted by atomic mass is 19.1. The Balaban J connectivity index is 1.81. The van der Waals surface area contributed by atoms with E-state index in [1.54, 1.807) is 37.3 Å². The van der Waals surface area contributed by atoms with Gasteiger partial charge < -0.3 is 5.32 Å². The van der Waals surface area contributed by atoms with Gasteiger partial charge in [0.2, 0.25) is 5.69 Å². The topological polar surface area (TPSA) is 86.0 Å². The first kappa shape index (κ1) is 22.8. The highest BCUT2D eigenvalue weighted by molar-refractivity contribution is 5.92. The molecule has 1 N–H and O–H groups in total. The van der Waals surface area contributed by atoms with Crippen molar-refractivity contribution in [3.05, 3.63) is 128 Å². The lowest BCUT2D eigenvalue weighted by Gasteiger charge is -2.16. The van der Waals surface area contributed by atoms with Crippen LogP contribution in [0.2, 0.25) is 0 Å². The van der Waals surface area contributed by atoms with E-state index in [2.05, 4.69) is 10.4 Å². The van der Waals surface area contributed by atoms with Crippen LogP contribution in [0.25, 0.3) is 5.69 Å². The van der Waals surface area contributed by atoms with Crippen molar-refractivity contribution >= 4 is 5.91 Å². The zero-order valence-corrected chi connectivity index (χ0v) is 18.7. The van der Waals surface area contributed by atoms with Crippen molar-refractivity contribution in [2.45, 2.75) is 26.4 Å². The number of aromatic nitrogens is 3. The molecule has 172 valence electrons. The van der Waals surface area contributed by atoms with E-state index in [0.717, 1.165) is 20.4 Å². The fourth-order valence-electron chi connectivity index (χ4n) is 3.56. The predicted molar refractivity (Wildman–Crippen MR) is 127 cm³/mol. The summed E-state index contributed by atoms with van der Waals surface area (Å²) in [5, 5.41) is 6.89. The molecule has 0 aliphatic heterocycles. The van der Waals surface area contributed by atoms with E-state index in [4.69, 9.17) is 0 Å². The Labute approximate surface area is 195 Å². The van der Waals surface area contributed by atoms with Crippen LogP contribution in [0.1, 0.15) is 40.1 Å². The minimum atomic E-state index is -0.851. The van der Waals surface area contributed by atoms with Crippen LogP contribution in [-0.4, -0.2) is 20.3 Å². The van der Waals surface area contributed by atoms with Crippen molar-refractivity contribution in [2.24, 2.45) is 0 Å². The van der Waals surface area contributed by atoms with Gasteiger partial charge in [0.1, 0.15) is 5.82 Å². The van der Waals surface area contributed by atoms with Gasteiger partial charge in [-0.05, 0) is 49.2 Å². The fourth-order valence-corrected chi connectivity index (χ4v) is 3.56. The van der Waals surface area contributed by atoms with Crippen LogP contribution in [0.3, 0.4) is 0 Å². The van der Waals surface area contributed by atoms with Crippen molar-refractivity contribution in [2.75, 3.05) is 0 Å². The third-order valence-corrected chi connectivity index (χ3v) is 5.43. The average Bonchev–Trinajstić information content (AvgIpc) is 2.83. The molecule has 0 unspecified atom stereocenters. The summed E-state index contributed by atoms with van der Waals surface area (Å²) >= 11 is 0. The van der Waals surface area contributed by atoms with Gasteiger partial charge in [0.05, 0.1) is 18.3 Å². The van der Waals surface area contributed by atoms with E-state index >= 15 is 0 Å².